The molecular weight excluding hydrogens is 248 g/mol. The molecule has 0 saturated carbocycles. The first-order chi connectivity index (χ1) is 8.36. The standard InChI is InChI=1S/C14H21ClN2O/c1-10-11(6-5-9-16-10)13(18)17-12(7-8-15)14(2,3)4/h5-6,9,12H,7-8H2,1-4H3,(H,17,18). The molecule has 1 atom stereocenters. The molecule has 0 fully saturated rings. The molecule has 0 spiro atoms. The summed E-state index contributed by atoms with van der Waals surface area (Å²) in [6.07, 6.45) is 2.45. The number of carbonyl (C=O) groups excluding carboxylic acids is 1. The van der Waals surface area contributed by atoms with Crippen molar-refractivity contribution in [2.24, 2.45) is 5.41 Å². The molecule has 1 N–H and O–H groups in total. The van der Waals surface area contributed by atoms with Gasteiger partial charge in [0.1, 0.15) is 0 Å². The minimum absolute atomic E-state index is 0.0132. The molecule has 1 heterocycles. The van der Waals surface area contributed by atoms with E-state index in [2.05, 4.69) is 31.1 Å². The van der Waals surface area contributed by atoms with Gasteiger partial charge in [0.15, 0.2) is 0 Å². The van der Waals surface area contributed by atoms with Crippen molar-refractivity contribution >= 4 is 17.5 Å². The summed E-state index contributed by atoms with van der Waals surface area (Å²) < 4.78 is 0. The van der Waals surface area contributed by atoms with Crippen LogP contribution in [0.25, 0.3) is 0 Å². The van der Waals surface area contributed by atoms with Gasteiger partial charge in [-0.05, 0) is 30.9 Å². The number of aromatic nitrogens is 1. The Balaban J connectivity index is 2.82. The highest BCUT2D eigenvalue weighted by Gasteiger charge is 2.26. The largest absolute Gasteiger partial charge is 0.349 e. The zero-order chi connectivity index (χ0) is 13.8. The van der Waals surface area contributed by atoms with Gasteiger partial charge in [-0.3, -0.25) is 9.78 Å². The van der Waals surface area contributed by atoms with E-state index in [0.717, 1.165) is 12.1 Å². The topological polar surface area (TPSA) is 42.0 Å². The fourth-order valence-corrected chi connectivity index (χ4v) is 2.01. The summed E-state index contributed by atoms with van der Waals surface area (Å²) in [6, 6.07) is 3.62. The van der Waals surface area contributed by atoms with Crippen molar-refractivity contribution in [3.63, 3.8) is 0 Å². The third-order valence-electron chi connectivity index (χ3n) is 3.00. The summed E-state index contributed by atoms with van der Waals surface area (Å²) >= 11 is 5.80. The van der Waals surface area contributed by atoms with Crippen LogP contribution in [0.15, 0.2) is 18.3 Å². The number of rotatable bonds is 4. The molecule has 0 radical (unpaired) electrons. The quantitative estimate of drug-likeness (QED) is 0.853. The molecule has 0 aliphatic rings. The highest BCUT2D eigenvalue weighted by atomic mass is 35.5. The fraction of sp³-hybridized carbons (Fsp3) is 0.571. The van der Waals surface area contributed by atoms with Crippen molar-refractivity contribution in [1.29, 1.82) is 0 Å². The van der Waals surface area contributed by atoms with Crippen LogP contribution in [0.2, 0.25) is 0 Å². The van der Waals surface area contributed by atoms with Crippen LogP contribution in [0.4, 0.5) is 0 Å². The third-order valence-corrected chi connectivity index (χ3v) is 3.22. The van der Waals surface area contributed by atoms with Gasteiger partial charge < -0.3 is 5.32 Å². The Labute approximate surface area is 114 Å². The molecule has 0 aromatic carbocycles. The molecule has 0 aliphatic carbocycles. The first-order valence-corrected chi connectivity index (χ1v) is 6.68. The van der Waals surface area contributed by atoms with E-state index in [4.69, 9.17) is 11.6 Å². The summed E-state index contributed by atoms with van der Waals surface area (Å²) in [7, 11) is 0. The average molecular weight is 269 g/mol. The lowest BCUT2D eigenvalue weighted by atomic mass is 9.85. The lowest BCUT2D eigenvalue weighted by molar-refractivity contribution is 0.0899. The lowest BCUT2D eigenvalue weighted by Crippen LogP contribution is -2.44. The second kappa shape index (κ2) is 6.19. The van der Waals surface area contributed by atoms with Gasteiger partial charge in [0.2, 0.25) is 0 Å². The normalized spacial score (nSPS) is 13.2. The summed E-state index contributed by atoms with van der Waals surface area (Å²) in [6.45, 7) is 8.13. The van der Waals surface area contributed by atoms with Crippen LogP contribution in [0.3, 0.4) is 0 Å². The second-order valence-corrected chi connectivity index (χ2v) is 5.88. The Morgan fingerprint density at radius 2 is 2.17 bits per heavy atom. The number of nitrogens with one attached hydrogen (secondary N) is 1. The Kier molecular flexibility index (Phi) is 5.15. The van der Waals surface area contributed by atoms with E-state index in [1.165, 1.54) is 0 Å². The molecule has 18 heavy (non-hydrogen) atoms. The van der Waals surface area contributed by atoms with E-state index in [-0.39, 0.29) is 17.4 Å². The van der Waals surface area contributed by atoms with Gasteiger partial charge in [0, 0.05) is 23.8 Å². The first kappa shape index (κ1) is 15.0. The first-order valence-electron chi connectivity index (χ1n) is 6.14. The van der Waals surface area contributed by atoms with Gasteiger partial charge in [-0.15, -0.1) is 11.6 Å². The van der Waals surface area contributed by atoms with Crippen molar-refractivity contribution < 1.29 is 4.79 Å². The van der Waals surface area contributed by atoms with Crippen molar-refractivity contribution in [2.45, 2.75) is 40.2 Å². The van der Waals surface area contributed by atoms with E-state index in [0.29, 0.717) is 11.4 Å². The number of halogens is 1. The van der Waals surface area contributed by atoms with Crippen molar-refractivity contribution in [1.82, 2.24) is 10.3 Å². The highest BCUT2D eigenvalue weighted by Crippen LogP contribution is 2.22. The van der Waals surface area contributed by atoms with Gasteiger partial charge in [-0.1, -0.05) is 20.8 Å². The Morgan fingerprint density at radius 3 is 2.67 bits per heavy atom. The number of carbonyl (C=O) groups is 1. The Bertz CT molecular complexity index is 413. The smallest absolute Gasteiger partial charge is 0.253 e. The molecule has 1 aromatic heterocycles. The monoisotopic (exact) mass is 268 g/mol. The molecule has 1 rings (SSSR count). The minimum atomic E-state index is -0.0781. The Morgan fingerprint density at radius 1 is 1.50 bits per heavy atom. The lowest BCUT2D eigenvalue weighted by Gasteiger charge is -2.31. The van der Waals surface area contributed by atoms with E-state index in [9.17, 15) is 4.79 Å². The van der Waals surface area contributed by atoms with Crippen molar-refractivity contribution in [3.8, 4) is 0 Å². The van der Waals surface area contributed by atoms with Gasteiger partial charge in [-0.2, -0.15) is 0 Å². The van der Waals surface area contributed by atoms with Crippen molar-refractivity contribution in [2.75, 3.05) is 5.88 Å². The molecule has 1 aromatic rings. The fourth-order valence-electron chi connectivity index (χ4n) is 1.79. The average Bonchev–Trinajstić information content (AvgIpc) is 2.27. The van der Waals surface area contributed by atoms with Gasteiger partial charge in [-0.25, -0.2) is 0 Å². The zero-order valence-electron chi connectivity index (χ0n) is 11.5. The maximum atomic E-state index is 12.2. The summed E-state index contributed by atoms with van der Waals surface area (Å²) in [5.41, 5.74) is 1.36. The van der Waals surface area contributed by atoms with Crippen LogP contribution in [-0.2, 0) is 0 Å². The highest BCUT2D eigenvalue weighted by molar-refractivity contribution is 6.17. The number of nitrogens with zero attached hydrogens (tertiary/aromatic N) is 1. The molecule has 4 heteroatoms. The van der Waals surface area contributed by atoms with Crippen LogP contribution in [0.1, 0.15) is 43.2 Å². The van der Waals surface area contributed by atoms with E-state index >= 15 is 0 Å². The number of aryl methyl sites for hydroxylation is 1. The van der Waals surface area contributed by atoms with E-state index in [1.807, 2.05) is 6.92 Å². The number of hydrogen-bond acceptors (Lipinski definition) is 2. The number of amides is 1. The number of hydrogen-bond donors (Lipinski definition) is 1. The summed E-state index contributed by atoms with van der Waals surface area (Å²) in [4.78, 5) is 16.3. The van der Waals surface area contributed by atoms with Gasteiger partial charge >= 0.3 is 0 Å². The predicted molar refractivity (Wildman–Crippen MR) is 75.0 cm³/mol. The maximum absolute atomic E-state index is 12.2. The molecule has 3 nitrogen and oxygen atoms in total. The molecule has 0 aliphatic heterocycles. The molecular formula is C14H21ClN2O. The van der Waals surface area contributed by atoms with Crippen LogP contribution in [0, 0.1) is 12.3 Å². The molecule has 1 unspecified atom stereocenters. The van der Waals surface area contributed by atoms with Gasteiger partial charge in [0.05, 0.1) is 5.56 Å². The number of pyridine rings is 1. The minimum Gasteiger partial charge on any atom is -0.349 e. The Hall–Kier alpha value is -1.09. The SMILES string of the molecule is Cc1ncccc1C(=O)NC(CCCl)C(C)(C)C. The van der Waals surface area contributed by atoms with Crippen molar-refractivity contribution in [3.05, 3.63) is 29.6 Å². The van der Waals surface area contributed by atoms with E-state index < -0.39 is 0 Å². The molecule has 0 bridgehead atoms. The second-order valence-electron chi connectivity index (χ2n) is 5.51. The van der Waals surface area contributed by atoms with Crippen LogP contribution < -0.4 is 5.32 Å². The van der Waals surface area contributed by atoms with Crippen LogP contribution in [0.5, 0.6) is 0 Å². The summed E-state index contributed by atoms with van der Waals surface area (Å²) in [5, 5.41) is 3.05. The maximum Gasteiger partial charge on any atom is 0.253 e. The number of alkyl halides is 1. The van der Waals surface area contributed by atoms with Crippen LogP contribution in [-0.4, -0.2) is 22.8 Å². The summed E-state index contributed by atoms with van der Waals surface area (Å²) in [5.74, 6) is 0.458. The van der Waals surface area contributed by atoms with Gasteiger partial charge in [0.25, 0.3) is 5.91 Å². The molecule has 100 valence electrons. The third kappa shape index (κ3) is 3.98. The predicted octanol–water partition coefficient (Wildman–Crippen LogP) is 3.16. The molecule has 1 amide bonds. The van der Waals surface area contributed by atoms with Crippen LogP contribution >= 0.6 is 11.6 Å². The molecule has 0 saturated heterocycles. The zero-order valence-corrected chi connectivity index (χ0v) is 12.2. The van der Waals surface area contributed by atoms with E-state index in [1.54, 1.807) is 18.3 Å².